The highest BCUT2D eigenvalue weighted by molar-refractivity contribution is 5.27. The van der Waals surface area contributed by atoms with E-state index in [2.05, 4.69) is 20.9 Å². The highest BCUT2D eigenvalue weighted by Gasteiger charge is 2.22. The molecule has 1 aromatic carbocycles. The first-order chi connectivity index (χ1) is 9.81. The van der Waals surface area contributed by atoms with Gasteiger partial charge >= 0.3 is 0 Å². The molecule has 4 heteroatoms. The summed E-state index contributed by atoms with van der Waals surface area (Å²) in [6.45, 7) is 3.01. The van der Waals surface area contributed by atoms with Crippen molar-refractivity contribution in [2.45, 2.75) is 25.3 Å². The lowest BCUT2D eigenvalue weighted by Gasteiger charge is -2.32. The predicted octanol–water partition coefficient (Wildman–Crippen LogP) is 2.56. The fourth-order valence-electron chi connectivity index (χ4n) is 2.90. The first-order valence-corrected chi connectivity index (χ1v) is 7.07. The van der Waals surface area contributed by atoms with Crippen LogP contribution in [0.3, 0.4) is 0 Å². The van der Waals surface area contributed by atoms with Gasteiger partial charge in [-0.1, -0.05) is 12.1 Å². The molecule has 0 saturated carbocycles. The molecule has 1 atom stereocenters. The molecule has 1 saturated heterocycles. The molecule has 104 valence electrons. The summed E-state index contributed by atoms with van der Waals surface area (Å²) >= 11 is 0. The molecule has 1 fully saturated rings. The third kappa shape index (κ3) is 3.14. The van der Waals surface area contributed by atoms with E-state index in [1.165, 1.54) is 12.8 Å². The topological polar surface area (TPSA) is 49.2 Å². The van der Waals surface area contributed by atoms with Gasteiger partial charge in [0, 0.05) is 30.9 Å². The van der Waals surface area contributed by atoms with Crippen molar-refractivity contribution in [2.75, 3.05) is 13.1 Å². The van der Waals surface area contributed by atoms with E-state index in [0.29, 0.717) is 11.7 Å². The molecular formula is C16H19N3O. The summed E-state index contributed by atoms with van der Waals surface area (Å²) in [4.78, 5) is 10.8. The number of likely N-dealkylation sites (tertiary alicyclic amines) is 1. The van der Waals surface area contributed by atoms with Crippen LogP contribution in [0.25, 0.3) is 0 Å². The Kier molecular flexibility index (Phi) is 3.92. The van der Waals surface area contributed by atoms with Gasteiger partial charge in [0.15, 0.2) is 0 Å². The Balaban J connectivity index is 1.66. The summed E-state index contributed by atoms with van der Waals surface area (Å²) in [5.41, 5.74) is 2.30. The molecule has 20 heavy (non-hydrogen) atoms. The van der Waals surface area contributed by atoms with Crippen molar-refractivity contribution in [1.82, 2.24) is 14.9 Å². The van der Waals surface area contributed by atoms with Gasteiger partial charge in [0.25, 0.3) is 0 Å². The van der Waals surface area contributed by atoms with E-state index in [4.69, 9.17) is 0 Å². The molecule has 0 radical (unpaired) electrons. The minimum Gasteiger partial charge on any atom is -0.508 e. The summed E-state index contributed by atoms with van der Waals surface area (Å²) in [5.74, 6) is 0.830. The van der Waals surface area contributed by atoms with E-state index in [0.717, 1.165) is 30.9 Å². The van der Waals surface area contributed by atoms with Gasteiger partial charge in [0.1, 0.15) is 12.1 Å². The van der Waals surface area contributed by atoms with Crippen molar-refractivity contribution in [3.05, 3.63) is 54.1 Å². The zero-order valence-electron chi connectivity index (χ0n) is 11.4. The Bertz CT molecular complexity index is 559. The van der Waals surface area contributed by atoms with E-state index >= 15 is 0 Å². The maximum atomic E-state index is 9.54. The predicted molar refractivity (Wildman–Crippen MR) is 77.4 cm³/mol. The van der Waals surface area contributed by atoms with Crippen LogP contribution in [-0.4, -0.2) is 33.1 Å². The third-order valence-corrected chi connectivity index (χ3v) is 3.85. The summed E-state index contributed by atoms with van der Waals surface area (Å²) in [7, 11) is 0. The van der Waals surface area contributed by atoms with Crippen LogP contribution in [0.1, 0.15) is 30.0 Å². The second kappa shape index (κ2) is 6.01. The lowest BCUT2D eigenvalue weighted by atomic mass is 9.94. The fourth-order valence-corrected chi connectivity index (χ4v) is 2.90. The molecule has 0 amide bonds. The monoisotopic (exact) mass is 269 g/mol. The third-order valence-electron chi connectivity index (χ3n) is 3.85. The molecule has 2 aromatic rings. The number of hydrogen-bond donors (Lipinski definition) is 1. The number of rotatable bonds is 3. The average molecular weight is 269 g/mol. The molecule has 1 aliphatic rings. The molecule has 2 heterocycles. The summed E-state index contributed by atoms with van der Waals surface area (Å²) in [6, 6.07) is 9.53. The van der Waals surface area contributed by atoms with Crippen LogP contribution in [0.5, 0.6) is 5.75 Å². The lowest BCUT2D eigenvalue weighted by molar-refractivity contribution is 0.198. The number of phenolic OH excluding ortho intramolecular Hbond substituents is 1. The quantitative estimate of drug-likeness (QED) is 0.930. The lowest BCUT2D eigenvalue weighted by Crippen LogP contribution is -2.34. The fraction of sp³-hybridized carbons (Fsp3) is 0.375. The molecule has 1 N–H and O–H groups in total. The van der Waals surface area contributed by atoms with Crippen LogP contribution < -0.4 is 0 Å². The van der Waals surface area contributed by atoms with E-state index in [1.807, 2.05) is 24.4 Å². The van der Waals surface area contributed by atoms with Crippen LogP contribution in [0, 0.1) is 0 Å². The number of aromatic nitrogens is 2. The van der Waals surface area contributed by atoms with Crippen molar-refractivity contribution in [3.63, 3.8) is 0 Å². The van der Waals surface area contributed by atoms with Crippen molar-refractivity contribution in [1.29, 1.82) is 0 Å². The molecule has 1 aliphatic heterocycles. The number of benzene rings is 1. The number of hydrogen-bond acceptors (Lipinski definition) is 4. The van der Waals surface area contributed by atoms with Crippen molar-refractivity contribution in [3.8, 4) is 5.75 Å². The van der Waals surface area contributed by atoms with Gasteiger partial charge < -0.3 is 5.11 Å². The van der Waals surface area contributed by atoms with Crippen molar-refractivity contribution < 1.29 is 5.11 Å². The minimum atomic E-state index is 0.340. The van der Waals surface area contributed by atoms with Crippen LogP contribution >= 0.6 is 0 Å². The van der Waals surface area contributed by atoms with E-state index in [-0.39, 0.29) is 0 Å². The number of aromatic hydroxyl groups is 1. The van der Waals surface area contributed by atoms with E-state index in [1.54, 1.807) is 12.4 Å². The van der Waals surface area contributed by atoms with E-state index in [9.17, 15) is 5.11 Å². The summed E-state index contributed by atoms with van der Waals surface area (Å²) in [5, 5.41) is 9.54. The molecular weight excluding hydrogens is 250 g/mol. The Morgan fingerprint density at radius 1 is 1.30 bits per heavy atom. The molecule has 0 bridgehead atoms. The van der Waals surface area contributed by atoms with Gasteiger partial charge in [-0.15, -0.1) is 0 Å². The number of phenols is 1. The second-order valence-corrected chi connectivity index (χ2v) is 5.38. The molecule has 1 unspecified atom stereocenters. The smallest absolute Gasteiger partial charge is 0.115 e. The van der Waals surface area contributed by atoms with Gasteiger partial charge in [0.2, 0.25) is 0 Å². The Hall–Kier alpha value is -1.94. The van der Waals surface area contributed by atoms with E-state index < -0.39 is 0 Å². The van der Waals surface area contributed by atoms with Crippen LogP contribution in [0.4, 0.5) is 0 Å². The first-order valence-electron chi connectivity index (χ1n) is 7.07. The number of nitrogens with zero attached hydrogens (tertiary/aromatic N) is 3. The minimum absolute atomic E-state index is 0.340. The second-order valence-electron chi connectivity index (χ2n) is 5.38. The maximum Gasteiger partial charge on any atom is 0.115 e. The maximum absolute atomic E-state index is 9.54. The molecule has 1 aromatic heterocycles. The largest absolute Gasteiger partial charge is 0.508 e. The highest BCUT2D eigenvalue weighted by Crippen LogP contribution is 2.26. The van der Waals surface area contributed by atoms with Crippen LogP contribution in [-0.2, 0) is 6.54 Å². The first kappa shape index (κ1) is 13.1. The van der Waals surface area contributed by atoms with Gasteiger partial charge in [-0.25, -0.2) is 9.97 Å². The molecule has 0 aliphatic carbocycles. The summed E-state index contributed by atoms with van der Waals surface area (Å²) < 4.78 is 0. The summed E-state index contributed by atoms with van der Waals surface area (Å²) in [6.07, 6.45) is 5.82. The zero-order valence-corrected chi connectivity index (χ0v) is 11.4. The Labute approximate surface area is 119 Å². The van der Waals surface area contributed by atoms with Gasteiger partial charge in [-0.3, -0.25) is 4.90 Å². The van der Waals surface area contributed by atoms with Crippen LogP contribution in [0.15, 0.2) is 42.9 Å². The molecule has 3 rings (SSSR count). The van der Waals surface area contributed by atoms with Gasteiger partial charge in [0.05, 0.1) is 0 Å². The van der Waals surface area contributed by atoms with Crippen molar-refractivity contribution in [2.24, 2.45) is 0 Å². The van der Waals surface area contributed by atoms with Crippen molar-refractivity contribution >= 4 is 0 Å². The van der Waals surface area contributed by atoms with Gasteiger partial charge in [-0.2, -0.15) is 0 Å². The average Bonchev–Trinajstić information content (AvgIpc) is 2.48. The Morgan fingerprint density at radius 2 is 2.25 bits per heavy atom. The zero-order chi connectivity index (χ0) is 13.8. The Morgan fingerprint density at radius 3 is 3.05 bits per heavy atom. The number of piperidine rings is 1. The molecule has 0 spiro atoms. The normalized spacial score (nSPS) is 19.9. The molecule has 4 nitrogen and oxygen atoms in total. The highest BCUT2D eigenvalue weighted by atomic mass is 16.3. The standard InChI is InChI=1S/C16H19N3O/c20-15-5-1-3-13(9-15)10-19-8-2-4-14(11-19)16-6-7-17-12-18-16/h1,3,5-7,9,12,14,20H,2,4,8,10-11H2. The van der Waals surface area contributed by atoms with Crippen LogP contribution in [0.2, 0.25) is 0 Å². The van der Waals surface area contributed by atoms with Gasteiger partial charge in [-0.05, 0) is 43.1 Å². The SMILES string of the molecule is Oc1cccc(CN2CCCC(c3ccncn3)C2)c1.